The Morgan fingerprint density at radius 1 is 1.12 bits per heavy atom. The van der Waals surface area contributed by atoms with E-state index in [1.807, 2.05) is 13.1 Å². The molecular formula is C21H29IN4. The molecule has 0 radical (unpaired) electrons. The standard InChI is InChI=1S/C21H28N4.HI/c1-22-21(25-14-17-7-2-3-8-18(17)15-25)23-13-12-19-11-10-16-6-4-5-9-20(16)24-19;/h4-6,9-11,17-18H,2-3,7-8,12-15H2,1H3,(H,22,23);1H. The highest BCUT2D eigenvalue weighted by molar-refractivity contribution is 14.0. The van der Waals surface area contributed by atoms with E-state index in [0.29, 0.717) is 0 Å². The minimum Gasteiger partial charge on any atom is -0.356 e. The van der Waals surface area contributed by atoms with Crippen molar-refractivity contribution >= 4 is 40.8 Å². The molecule has 2 fully saturated rings. The van der Waals surface area contributed by atoms with E-state index >= 15 is 0 Å². The van der Waals surface area contributed by atoms with Gasteiger partial charge in [0.2, 0.25) is 0 Å². The first-order valence-electron chi connectivity index (χ1n) is 9.64. The Morgan fingerprint density at radius 3 is 2.58 bits per heavy atom. The zero-order valence-electron chi connectivity index (χ0n) is 15.5. The predicted molar refractivity (Wildman–Crippen MR) is 119 cm³/mol. The van der Waals surface area contributed by atoms with Gasteiger partial charge in [-0.05, 0) is 36.8 Å². The average molecular weight is 464 g/mol. The summed E-state index contributed by atoms with van der Waals surface area (Å²) in [5.74, 6) is 2.83. The number of fused-ring (bicyclic) bond motifs is 2. The van der Waals surface area contributed by atoms with Crippen LogP contribution >= 0.6 is 24.0 Å². The lowest BCUT2D eigenvalue weighted by atomic mass is 9.82. The van der Waals surface area contributed by atoms with Gasteiger partial charge in [0.15, 0.2) is 5.96 Å². The van der Waals surface area contributed by atoms with Crippen LogP contribution in [0.1, 0.15) is 31.4 Å². The van der Waals surface area contributed by atoms with Crippen LogP contribution in [0, 0.1) is 11.8 Å². The topological polar surface area (TPSA) is 40.5 Å². The molecule has 1 aromatic carbocycles. The van der Waals surface area contributed by atoms with Crippen LogP contribution in [0.5, 0.6) is 0 Å². The van der Waals surface area contributed by atoms with Crippen molar-refractivity contribution in [3.8, 4) is 0 Å². The van der Waals surface area contributed by atoms with Crippen LogP contribution in [0.15, 0.2) is 41.4 Å². The average Bonchev–Trinajstić information content (AvgIpc) is 3.09. The number of para-hydroxylation sites is 1. The van der Waals surface area contributed by atoms with Crippen molar-refractivity contribution < 1.29 is 0 Å². The second-order valence-electron chi connectivity index (χ2n) is 7.43. The Labute approximate surface area is 173 Å². The molecule has 2 heterocycles. The van der Waals surface area contributed by atoms with Crippen molar-refractivity contribution in [1.82, 2.24) is 15.2 Å². The molecule has 2 aliphatic rings. The molecule has 0 spiro atoms. The summed E-state index contributed by atoms with van der Waals surface area (Å²) in [7, 11) is 1.90. The molecule has 4 nitrogen and oxygen atoms in total. The Balaban J connectivity index is 0.00000196. The van der Waals surface area contributed by atoms with E-state index in [1.54, 1.807) is 0 Å². The predicted octanol–water partition coefficient (Wildman–Crippen LogP) is 4.09. The molecule has 2 atom stereocenters. The number of benzene rings is 1. The smallest absolute Gasteiger partial charge is 0.193 e. The number of nitrogens with one attached hydrogen (secondary N) is 1. The Bertz CT molecular complexity index is 747. The van der Waals surface area contributed by atoms with E-state index in [1.165, 1.54) is 44.2 Å². The number of hydrogen-bond acceptors (Lipinski definition) is 2. The number of pyridine rings is 1. The number of aliphatic imine (C=N–C) groups is 1. The highest BCUT2D eigenvalue weighted by Gasteiger charge is 2.35. The van der Waals surface area contributed by atoms with Crippen molar-refractivity contribution in [3.05, 3.63) is 42.1 Å². The van der Waals surface area contributed by atoms with E-state index in [2.05, 4.69) is 45.5 Å². The molecule has 1 aliphatic carbocycles. The molecule has 26 heavy (non-hydrogen) atoms. The van der Waals surface area contributed by atoms with Crippen molar-refractivity contribution in [3.63, 3.8) is 0 Å². The Morgan fingerprint density at radius 2 is 1.85 bits per heavy atom. The van der Waals surface area contributed by atoms with Crippen LogP contribution in [0.25, 0.3) is 10.9 Å². The van der Waals surface area contributed by atoms with Gasteiger partial charge >= 0.3 is 0 Å². The summed E-state index contributed by atoms with van der Waals surface area (Å²) in [6.07, 6.45) is 6.55. The minimum absolute atomic E-state index is 0. The van der Waals surface area contributed by atoms with Crippen LogP contribution < -0.4 is 5.32 Å². The molecule has 0 amide bonds. The van der Waals surface area contributed by atoms with Crippen molar-refractivity contribution in [1.29, 1.82) is 0 Å². The maximum Gasteiger partial charge on any atom is 0.193 e. The highest BCUT2D eigenvalue weighted by Crippen LogP contribution is 2.35. The SMILES string of the molecule is CN=C(NCCc1ccc2ccccc2n1)N1CC2CCCCC2C1.I. The number of rotatable bonds is 3. The summed E-state index contributed by atoms with van der Waals surface area (Å²) < 4.78 is 0. The van der Waals surface area contributed by atoms with Gasteiger partial charge < -0.3 is 10.2 Å². The first kappa shape index (κ1) is 19.4. The molecule has 1 aromatic heterocycles. The minimum atomic E-state index is 0. The first-order chi connectivity index (χ1) is 12.3. The van der Waals surface area contributed by atoms with E-state index in [0.717, 1.165) is 42.0 Å². The van der Waals surface area contributed by atoms with Crippen molar-refractivity contribution in [2.45, 2.75) is 32.1 Å². The van der Waals surface area contributed by atoms with E-state index in [4.69, 9.17) is 4.98 Å². The molecule has 5 heteroatoms. The summed E-state index contributed by atoms with van der Waals surface area (Å²) in [6, 6.07) is 12.6. The van der Waals surface area contributed by atoms with Crippen LogP contribution in [0.3, 0.4) is 0 Å². The van der Waals surface area contributed by atoms with Crippen LogP contribution in [0.4, 0.5) is 0 Å². The van der Waals surface area contributed by atoms with E-state index in [-0.39, 0.29) is 24.0 Å². The summed E-state index contributed by atoms with van der Waals surface area (Å²) >= 11 is 0. The maximum atomic E-state index is 4.76. The van der Waals surface area contributed by atoms with Gasteiger partial charge in [-0.1, -0.05) is 37.1 Å². The molecule has 1 saturated heterocycles. The number of likely N-dealkylation sites (tertiary alicyclic amines) is 1. The lowest BCUT2D eigenvalue weighted by Gasteiger charge is -2.22. The fourth-order valence-corrected chi connectivity index (χ4v) is 4.46. The van der Waals surface area contributed by atoms with Crippen LogP contribution in [-0.2, 0) is 6.42 Å². The van der Waals surface area contributed by atoms with E-state index in [9.17, 15) is 0 Å². The molecule has 2 unspecified atom stereocenters. The number of hydrogen-bond donors (Lipinski definition) is 1. The molecule has 4 rings (SSSR count). The molecule has 1 N–H and O–H groups in total. The number of aromatic nitrogens is 1. The second-order valence-corrected chi connectivity index (χ2v) is 7.43. The van der Waals surface area contributed by atoms with Gasteiger partial charge in [0.1, 0.15) is 0 Å². The summed E-state index contributed by atoms with van der Waals surface area (Å²) in [6.45, 7) is 3.24. The van der Waals surface area contributed by atoms with Gasteiger partial charge in [-0.25, -0.2) is 0 Å². The Kier molecular flexibility index (Phi) is 6.73. The normalized spacial score (nSPS) is 22.8. The lowest BCUT2D eigenvalue weighted by Crippen LogP contribution is -2.41. The molecular weight excluding hydrogens is 435 g/mol. The van der Waals surface area contributed by atoms with Gasteiger partial charge in [-0.15, -0.1) is 24.0 Å². The summed E-state index contributed by atoms with van der Waals surface area (Å²) in [5, 5.41) is 4.76. The molecule has 0 bridgehead atoms. The number of halogens is 1. The zero-order chi connectivity index (χ0) is 17.1. The van der Waals surface area contributed by atoms with Gasteiger partial charge in [0.25, 0.3) is 0 Å². The fraction of sp³-hybridized carbons (Fsp3) is 0.524. The largest absolute Gasteiger partial charge is 0.356 e. The third-order valence-corrected chi connectivity index (χ3v) is 5.81. The first-order valence-corrected chi connectivity index (χ1v) is 9.64. The van der Waals surface area contributed by atoms with Crippen molar-refractivity contribution in [2.75, 3.05) is 26.7 Å². The summed E-state index contributed by atoms with van der Waals surface area (Å²) in [4.78, 5) is 11.7. The van der Waals surface area contributed by atoms with Crippen molar-refractivity contribution in [2.24, 2.45) is 16.8 Å². The molecule has 1 saturated carbocycles. The second kappa shape index (κ2) is 9.02. The van der Waals surface area contributed by atoms with Gasteiger partial charge in [-0.2, -0.15) is 0 Å². The fourth-order valence-electron chi connectivity index (χ4n) is 4.46. The quantitative estimate of drug-likeness (QED) is 0.423. The van der Waals surface area contributed by atoms with Gasteiger partial charge in [-0.3, -0.25) is 9.98 Å². The number of nitrogens with zero attached hydrogens (tertiary/aromatic N) is 3. The van der Waals surface area contributed by atoms with E-state index < -0.39 is 0 Å². The summed E-state index contributed by atoms with van der Waals surface area (Å²) in [5.41, 5.74) is 2.21. The molecule has 140 valence electrons. The third kappa shape index (κ3) is 4.30. The van der Waals surface area contributed by atoms with Crippen LogP contribution in [-0.4, -0.2) is 42.5 Å². The molecule has 1 aliphatic heterocycles. The van der Waals surface area contributed by atoms with Crippen LogP contribution in [0.2, 0.25) is 0 Å². The third-order valence-electron chi connectivity index (χ3n) is 5.81. The van der Waals surface area contributed by atoms with Gasteiger partial charge in [0, 0.05) is 44.2 Å². The maximum absolute atomic E-state index is 4.76. The number of guanidine groups is 1. The zero-order valence-corrected chi connectivity index (χ0v) is 17.9. The van der Waals surface area contributed by atoms with Gasteiger partial charge in [0.05, 0.1) is 5.52 Å². The monoisotopic (exact) mass is 464 g/mol. The Hall–Kier alpha value is -1.37. The highest BCUT2D eigenvalue weighted by atomic mass is 127. The molecule has 2 aromatic rings. The lowest BCUT2D eigenvalue weighted by molar-refractivity contribution is 0.299.